The molecule has 4 aliphatic rings. The summed E-state index contributed by atoms with van der Waals surface area (Å²) in [5, 5.41) is 21.3. The van der Waals surface area contributed by atoms with E-state index in [0.29, 0.717) is 17.1 Å². The molecule has 0 amide bonds. The number of nitrogens with one attached hydrogen (secondary N) is 1. The minimum Gasteiger partial charge on any atom is -0.394 e. The molecule has 0 saturated carbocycles. The lowest BCUT2D eigenvalue weighted by molar-refractivity contribution is -0.113. The molecule has 0 bridgehead atoms. The number of aliphatic hydroxyl groups excluding tert-OH is 1. The summed E-state index contributed by atoms with van der Waals surface area (Å²) in [5.41, 5.74) is 4.50. The van der Waals surface area contributed by atoms with E-state index < -0.39 is 0 Å². The van der Waals surface area contributed by atoms with E-state index in [1.165, 1.54) is 30.6 Å². The van der Waals surface area contributed by atoms with Crippen LogP contribution in [-0.2, 0) is 17.9 Å². The smallest absolute Gasteiger partial charge is 0.176 e. The largest absolute Gasteiger partial charge is 0.394 e. The first-order valence-corrected chi connectivity index (χ1v) is 11.9. The number of hydrogen-bond acceptors (Lipinski definition) is 8. The predicted molar refractivity (Wildman–Crippen MR) is 127 cm³/mol. The molecule has 1 saturated heterocycles. The molecule has 2 aromatic rings. The topological polar surface area (TPSA) is 98.9 Å². The number of nitrogens with zero attached hydrogens (tertiary/aromatic N) is 6. The molecule has 2 unspecified atom stereocenters. The molecule has 35 heavy (non-hydrogen) atoms. The van der Waals surface area contributed by atoms with Crippen LogP contribution in [0.1, 0.15) is 35.2 Å². The number of likely N-dealkylation sites (tertiary alicyclic amines) is 1. The van der Waals surface area contributed by atoms with Crippen molar-refractivity contribution in [2.45, 2.75) is 31.3 Å². The molecule has 6 rings (SSSR count). The molecule has 1 aliphatic carbocycles. The third-order valence-electron chi connectivity index (χ3n) is 7.05. The van der Waals surface area contributed by atoms with Crippen LogP contribution < -0.4 is 5.32 Å². The second-order valence-corrected chi connectivity index (χ2v) is 9.20. The molecule has 1 fully saturated rings. The van der Waals surface area contributed by atoms with Crippen molar-refractivity contribution >= 4 is 12.0 Å². The second-order valence-electron chi connectivity index (χ2n) is 9.20. The fourth-order valence-electron chi connectivity index (χ4n) is 5.24. The van der Waals surface area contributed by atoms with E-state index in [4.69, 9.17) is 0 Å². The zero-order valence-corrected chi connectivity index (χ0v) is 19.1. The normalized spacial score (nSPS) is 23.8. The number of aliphatic hydroxyl groups is 1. The van der Waals surface area contributed by atoms with Gasteiger partial charge in [-0.1, -0.05) is 40.1 Å². The summed E-state index contributed by atoms with van der Waals surface area (Å²) in [7, 11) is 0. The number of allylic oxidation sites excluding steroid dienone is 3. The zero-order valence-electron chi connectivity index (χ0n) is 19.1. The Kier molecular flexibility index (Phi) is 5.54. The molecule has 1 aromatic heterocycles. The first-order valence-electron chi connectivity index (χ1n) is 11.9. The van der Waals surface area contributed by atoms with Crippen LogP contribution in [0.25, 0.3) is 0 Å². The average Bonchev–Trinajstić information content (AvgIpc) is 3.21. The molecule has 0 radical (unpaired) electrons. The van der Waals surface area contributed by atoms with Crippen LogP contribution in [0.3, 0.4) is 0 Å². The third-order valence-corrected chi connectivity index (χ3v) is 7.05. The molecule has 2 N–H and O–H groups in total. The van der Waals surface area contributed by atoms with Crippen LogP contribution in [0.15, 0.2) is 70.4 Å². The van der Waals surface area contributed by atoms with Gasteiger partial charge in [0.25, 0.3) is 0 Å². The molecule has 9 nitrogen and oxygen atoms in total. The van der Waals surface area contributed by atoms with E-state index in [0.717, 1.165) is 30.8 Å². The van der Waals surface area contributed by atoms with Crippen LogP contribution in [0, 0.1) is 0 Å². The Bertz CT molecular complexity index is 1270. The van der Waals surface area contributed by atoms with E-state index in [-0.39, 0.29) is 48.2 Å². The maximum Gasteiger partial charge on any atom is 0.176 e. The van der Waals surface area contributed by atoms with Gasteiger partial charge >= 0.3 is 0 Å². The summed E-state index contributed by atoms with van der Waals surface area (Å²) >= 11 is 0. The van der Waals surface area contributed by atoms with E-state index in [9.17, 15) is 14.4 Å². The third kappa shape index (κ3) is 3.88. The van der Waals surface area contributed by atoms with Gasteiger partial charge in [-0.25, -0.2) is 9.67 Å². The number of aromatic nitrogens is 3. The van der Waals surface area contributed by atoms with Gasteiger partial charge in [0.2, 0.25) is 0 Å². The Labute approximate surface area is 201 Å². The van der Waals surface area contributed by atoms with Gasteiger partial charge in [0, 0.05) is 35.4 Å². The molecule has 1 aromatic carbocycles. The minimum absolute atomic E-state index is 0.0373. The lowest BCUT2D eigenvalue weighted by Gasteiger charge is -2.36. The average molecular weight is 476 g/mol. The van der Waals surface area contributed by atoms with Crippen molar-refractivity contribution < 1.29 is 14.4 Å². The fourth-order valence-corrected chi connectivity index (χ4v) is 5.24. The fraction of sp³-hybridized carbons (Fsp3) is 0.360. The summed E-state index contributed by atoms with van der Waals surface area (Å²) in [5.74, 6) is -0.127. The molecule has 0 spiro atoms. The highest BCUT2D eigenvalue weighted by molar-refractivity contribution is 5.97. The van der Waals surface area contributed by atoms with Crippen LogP contribution in [0.2, 0.25) is 0 Å². The van der Waals surface area contributed by atoms with Crippen LogP contribution in [0.4, 0.5) is 4.48 Å². The zero-order chi connectivity index (χ0) is 23.9. The van der Waals surface area contributed by atoms with E-state index in [1.54, 1.807) is 4.68 Å². The molecule has 4 heterocycles. The molecule has 2 atom stereocenters. The van der Waals surface area contributed by atoms with Crippen molar-refractivity contribution in [1.82, 2.24) is 30.2 Å². The van der Waals surface area contributed by atoms with Crippen LogP contribution >= 0.6 is 0 Å². The number of rotatable bonds is 6. The Morgan fingerprint density at radius 3 is 2.77 bits per heavy atom. The number of hydrogen-bond donors (Lipinski definition) is 2. The van der Waals surface area contributed by atoms with Crippen LogP contribution in [0.5, 0.6) is 0 Å². The van der Waals surface area contributed by atoms with Gasteiger partial charge in [-0.2, -0.15) is 5.10 Å². The molecular weight excluding hydrogens is 449 g/mol. The quantitative estimate of drug-likeness (QED) is 0.615. The minimum atomic E-state index is -0.363. The van der Waals surface area contributed by atoms with E-state index in [2.05, 4.69) is 55.7 Å². The van der Waals surface area contributed by atoms with Crippen molar-refractivity contribution in [1.29, 1.82) is 0 Å². The first-order chi connectivity index (χ1) is 17.1. The molecule has 180 valence electrons. The summed E-state index contributed by atoms with van der Waals surface area (Å²) in [6, 6.07) is 8.56. The van der Waals surface area contributed by atoms with Gasteiger partial charge < -0.3 is 10.4 Å². The van der Waals surface area contributed by atoms with Crippen molar-refractivity contribution in [2.75, 3.05) is 26.2 Å². The number of carbonyl (C=O) groups excluding carboxylic acids is 1. The van der Waals surface area contributed by atoms with Gasteiger partial charge in [0.05, 0.1) is 31.8 Å². The van der Waals surface area contributed by atoms with Gasteiger partial charge in [-0.3, -0.25) is 9.69 Å². The first kappa shape index (κ1) is 21.9. The monoisotopic (exact) mass is 475 g/mol. The highest BCUT2D eigenvalue weighted by atomic mass is 19.2. The number of halogens is 1. The Morgan fingerprint density at radius 1 is 1.20 bits per heavy atom. The lowest BCUT2D eigenvalue weighted by atomic mass is 9.74. The van der Waals surface area contributed by atoms with Gasteiger partial charge in [-0.05, 0) is 30.6 Å². The number of carbonyl (C=O) groups is 1. The summed E-state index contributed by atoms with van der Waals surface area (Å²) in [4.78, 5) is 19.4. The standard InChI is InChI=1S/C25H26FN7O2/c26-33-21-11-19(35)13-27-24-22(21)18(12-29-33)10-20(23(24)25-28-15-30-32(25)8-9-34)17-4-2-16(3-5-17)14-31-6-1-7-31/h2-5,10-12,15,20,23,27,34H,1,6-9,13-14H2. The van der Waals surface area contributed by atoms with Gasteiger partial charge in [0.15, 0.2) is 5.78 Å². The lowest BCUT2D eigenvalue weighted by Crippen LogP contribution is -2.36. The van der Waals surface area contributed by atoms with E-state index >= 15 is 0 Å². The van der Waals surface area contributed by atoms with E-state index in [1.807, 2.05) is 0 Å². The number of ketones is 1. The summed E-state index contributed by atoms with van der Waals surface area (Å²) < 4.78 is 16.4. The Hall–Kier alpha value is -3.63. The Morgan fingerprint density at radius 2 is 2.03 bits per heavy atom. The van der Waals surface area contributed by atoms with Crippen molar-refractivity contribution in [3.8, 4) is 0 Å². The highest BCUT2D eigenvalue weighted by Crippen LogP contribution is 2.47. The van der Waals surface area contributed by atoms with Crippen molar-refractivity contribution in [3.63, 3.8) is 0 Å². The molecule has 3 aliphatic heterocycles. The maximum atomic E-state index is 14.7. The highest BCUT2D eigenvalue weighted by Gasteiger charge is 2.41. The van der Waals surface area contributed by atoms with Crippen molar-refractivity contribution in [2.24, 2.45) is 5.10 Å². The van der Waals surface area contributed by atoms with Gasteiger partial charge in [0.1, 0.15) is 17.8 Å². The number of hydrazone groups is 1. The number of benzene rings is 1. The molecule has 10 heteroatoms. The summed E-state index contributed by atoms with van der Waals surface area (Å²) in [6.45, 7) is 3.45. The van der Waals surface area contributed by atoms with Crippen LogP contribution in [-0.4, -0.2) is 68.2 Å². The maximum absolute atomic E-state index is 14.7. The Balaban J connectivity index is 1.46. The second kappa shape index (κ2) is 8.86. The SMILES string of the molecule is O=C1C=C2C3=C(NC1)C(c1ncnn1CCO)C(c1ccc(CN4CCC4)cc1)C=C3C=NN2F. The summed E-state index contributed by atoms with van der Waals surface area (Å²) in [6.07, 6.45) is 7.56. The predicted octanol–water partition coefficient (Wildman–Crippen LogP) is 1.78. The molecular formula is C25H26FN7O2. The van der Waals surface area contributed by atoms with Crippen molar-refractivity contribution in [3.05, 3.63) is 82.2 Å². The van der Waals surface area contributed by atoms with Gasteiger partial charge in [-0.15, -0.1) is 5.10 Å².